The molecule has 0 spiro atoms. The Hall–Kier alpha value is -3.92. The number of pyridine rings is 1. The van der Waals surface area contributed by atoms with Crippen LogP contribution in [0.5, 0.6) is 5.75 Å². The van der Waals surface area contributed by atoms with Crippen molar-refractivity contribution >= 4 is 11.5 Å². The van der Waals surface area contributed by atoms with Crippen LogP contribution in [0.25, 0.3) is 0 Å². The predicted octanol–water partition coefficient (Wildman–Crippen LogP) is 5.77. The van der Waals surface area contributed by atoms with E-state index in [1.54, 1.807) is 7.11 Å². The Morgan fingerprint density at radius 3 is 2.29 bits per heavy atom. The number of fused-ring (bicyclic) bond motifs is 1. The molecule has 0 aliphatic carbocycles. The maximum atomic E-state index is 5.49. The summed E-state index contributed by atoms with van der Waals surface area (Å²) in [7, 11) is 1.69. The highest BCUT2D eigenvalue weighted by atomic mass is 16.5. The second-order valence-corrected chi connectivity index (χ2v) is 7.49. The number of aliphatic imine (C=N–C) groups is 1. The highest BCUT2D eigenvalue weighted by Crippen LogP contribution is 2.42. The monoisotopic (exact) mass is 405 g/mol. The highest BCUT2D eigenvalue weighted by Gasteiger charge is 2.32. The van der Waals surface area contributed by atoms with Gasteiger partial charge in [-0.3, -0.25) is 4.98 Å². The van der Waals surface area contributed by atoms with Gasteiger partial charge in [0.05, 0.1) is 31.1 Å². The zero-order valence-electron chi connectivity index (χ0n) is 17.3. The number of ether oxygens (including phenoxy) is 1. The largest absolute Gasteiger partial charge is 0.497 e. The van der Waals surface area contributed by atoms with E-state index in [0.717, 1.165) is 34.1 Å². The fourth-order valence-electron chi connectivity index (χ4n) is 4.09. The lowest BCUT2D eigenvalue weighted by molar-refractivity contribution is 0.340. The number of methoxy groups -OCH3 is 1. The third-order valence-corrected chi connectivity index (χ3v) is 5.55. The number of aromatic nitrogens is 1. The minimum Gasteiger partial charge on any atom is -0.497 e. The Morgan fingerprint density at radius 2 is 1.58 bits per heavy atom. The summed E-state index contributed by atoms with van der Waals surface area (Å²) in [6.45, 7) is 0.652. The highest BCUT2D eigenvalue weighted by molar-refractivity contribution is 6.02. The van der Waals surface area contributed by atoms with Gasteiger partial charge in [0.2, 0.25) is 0 Å². The van der Waals surface area contributed by atoms with Crippen LogP contribution in [0, 0.1) is 0 Å². The molecule has 5 rings (SSSR count). The van der Waals surface area contributed by atoms with Gasteiger partial charge in [-0.05, 0) is 23.8 Å². The molecule has 0 saturated carbocycles. The average Bonchev–Trinajstić information content (AvgIpc) is 2.85. The lowest BCUT2D eigenvalue weighted by Crippen LogP contribution is -2.38. The molecule has 1 aromatic heterocycles. The van der Waals surface area contributed by atoms with Crippen molar-refractivity contribution < 1.29 is 4.74 Å². The number of rotatable bonds is 5. The van der Waals surface area contributed by atoms with Crippen molar-refractivity contribution in [3.05, 3.63) is 126 Å². The molecule has 0 N–H and O–H groups in total. The van der Waals surface area contributed by atoms with Gasteiger partial charge < -0.3 is 9.64 Å². The number of hydrogen-bond donors (Lipinski definition) is 0. The van der Waals surface area contributed by atoms with E-state index in [1.807, 2.05) is 36.5 Å². The second-order valence-electron chi connectivity index (χ2n) is 7.49. The van der Waals surface area contributed by atoms with Crippen LogP contribution in [0.15, 0.2) is 108 Å². The van der Waals surface area contributed by atoms with E-state index in [2.05, 4.69) is 76.6 Å². The SMILES string of the molecule is COc1ccc2c(c1)N=C(c1ccccc1)N(Cc1ccccn1)C2c1ccccc1. The van der Waals surface area contributed by atoms with Crippen LogP contribution in [0.3, 0.4) is 0 Å². The Balaban J connectivity index is 1.72. The smallest absolute Gasteiger partial charge is 0.137 e. The summed E-state index contributed by atoms with van der Waals surface area (Å²) in [6.07, 6.45) is 1.84. The van der Waals surface area contributed by atoms with E-state index in [4.69, 9.17) is 9.73 Å². The Kier molecular flexibility index (Phi) is 5.19. The summed E-state index contributed by atoms with van der Waals surface area (Å²) in [5.41, 5.74) is 5.39. The van der Waals surface area contributed by atoms with Gasteiger partial charge in [-0.1, -0.05) is 72.8 Å². The molecule has 152 valence electrons. The zero-order valence-corrected chi connectivity index (χ0v) is 17.3. The van der Waals surface area contributed by atoms with Crippen molar-refractivity contribution in [2.45, 2.75) is 12.6 Å². The van der Waals surface area contributed by atoms with Crippen molar-refractivity contribution in [2.24, 2.45) is 4.99 Å². The number of amidine groups is 1. The summed E-state index contributed by atoms with van der Waals surface area (Å²) in [5.74, 6) is 1.74. The Labute approximate surface area is 182 Å². The van der Waals surface area contributed by atoms with Crippen molar-refractivity contribution in [1.29, 1.82) is 0 Å². The Morgan fingerprint density at radius 1 is 0.839 bits per heavy atom. The fourth-order valence-corrected chi connectivity index (χ4v) is 4.09. The molecule has 0 bridgehead atoms. The first-order valence-electron chi connectivity index (χ1n) is 10.4. The maximum Gasteiger partial charge on any atom is 0.137 e. The van der Waals surface area contributed by atoms with E-state index >= 15 is 0 Å². The number of benzene rings is 3. The van der Waals surface area contributed by atoms with Crippen LogP contribution in [-0.4, -0.2) is 22.8 Å². The van der Waals surface area contributed by atoms with Crippen LogP contribution >= 0.6 is 0 Å². The molecule has 4 heteroatoms. The summed E-state index contributed by atoms with van der Waals surface area (Å²) >= 11 is 0. The third kappa shape index (κ3) is 3.80. The van der Waals surface area contributed by atoms with Crippen LogP contribution in [0.1, 0.15) is 28.4 Å². The third-order valence-electron chi connectivity index (χ3n) is 5.55. The maximum absolute atomic E-state index is 5.49. The number of hydrogen-bond acceptors (Lipinski definition) is 4. The lowest BCUT2D eigenvalue weighted by Gasteiger charge is -2.39. The molecule has 0 saturated heterocycles. The molecule has 1 unspecified atom stereocenters. The van der Waals surface area contributed by atoms with Gasteiger partial charge in [0.25, 0.3) is 0 Å². The van der Waals surface area contributed by atoms with Crippen LogP contribution in [0.2, 0.25) is 0 Å². The van der Waals surface area contributed by atoms with Crippen LogP contribution in [-0.2, 0) is 6.54 Å². The second kappa shape index (κ2) is 8.44. The van der Waals surface area contributed by atoms with Gasteiger partial charge in [-0.25, -0.2) is 4.99 Å². The van der Waals surface area contributed by atoms with Crippen molar-refractivity contribution in [3.63, 3.8) is 0 Å². The molecule has 31 heavy (non-hydrogen) atoms. The minimum absolute atomic E-state index is 0.0109. The molecule has 2 heterocycles. The quantitative estimate of drug-likeness (QED) is 0.423. The first-order valence-corrected chi connectivity index (χ1v) is 10.4. The first kappa shape index (κ1) is 19.1. The molecular weight excluding hydrogens is 382 g/mol. The topological polar surface area (TPSA) is 37.7 Å². The van der Waals surface area contributed by atoms with Gasteiger partial charge in [0.1, 0.15) is 11.6 Å². The normalized spacial score (nSPS) is 15.2. The van der Waals surface area contributed by atoms with Crippen molar-refractivity contribution in [2.75, 3.05) is 7.11 Å². The summed E-state index contributed by atoms with van der Waals surface area (Å²) in [5, 5.41) is 0. The molecule has 0 amide bonds. The fraction of sp³-hybridized carbons (Fsp3) is 0.111. The lowest BCUT2D eigenvalue weighted by atomic mass is 9.92. The van der Waals surface area contributed by atoms with Gasteiger partial charge >= 0.3 is 0 Å². The average molecular weight is 406 g/mol. The molecule has 1 aliphatic rings. The number of nitrogens with zero attached hydrogens (tertiary/aromatic N) is 3. The summed E-state index contributed by atoms with van der Waals surface area (Å²) < 4.78 is 5.49. The standard InChI is InChI=1S/C27H23N3O/c1-31-23-15-16-24-25(18-23)29-27(21-12-6-3-7-13-21)30(19-22-14-8-9-17-28-22)26(24)20-10-4-2-5-11-20/h2-18,26H,19H2,1H3. The van der Waals surface area contributed by atoms with E-state index < -0.39 is 0 Å². The molecule has 0 radical (unpaired) electrons. The minimum atomic E-state index is 0.0109. The predicted molar refractivity (Wildman–Crippen MR) is 124 cm³/mol. The van der Waals surface area contributed by atoms with Gasteiger partial charge in [0, 0.05) is 23.4 Å². The molecule has 3 aromatic carbocycles. The van der Waals surface area contributed by atoms with Gasteiger partial charge in [-0.15, -0.1) is 0 Å². The summed E-state index contributed by atoms with van der Waals surface area (Å²) in [4.78, 5) is 12.1. The van der Waals surface area contributed by atoms with E-state index in [0.29, 0.717) is 6.54 Å². The van der Waals surface area contributed by atoms with Gasteiger partial charge in [-0.2, -0.15) is 0 Å². The van der Waals surface area contributed by atoms with E-state index in [-0.39, 0.29) is 6.04 Å². The zero-order chi connectivity index (χ0) is 21.0. The molecular formula is C27H23N3O. The van der Waals surface area contributed by atoms with Gasteiger partial charge in [0.15, 0.2) is 0 Å². The molecule has 1 atom stereocenters. The van der Waals surface area contributed by atoms with Crippen molar-refractivity contribution in [1.82, 2.24) is 9.88 Å². The first-order chi connectivity index (χ1) is 15.3. The molecule has 4 nitrogen and oxygen atoms in total. The van der Waals surface area contributed by atoms with E-state index in [1.165, 1.54) is 5.56 Å². The molecule has 1 aliphatic heterocycles. The van der Waals surface area contributed by atoms with Crippen LogP contribution in [0.4, 0.5) is 5.69 Å². The molecule has 4 aromatic rings. The van der Waals surface area contributed by atoms with E-state index in [9.17, 15) is 0 Å². The molecule has 0 fully saturated rings. The Bertz CT molecular complexity index is 1190. The summed E-state index contributed by atoms with van der Waals surface area (Å²) in [6, 6.07) is 33.1. The van der Waals surface area contributed by atoms with Crippen LogP contribution < -0.4 is 4.74 Å². The van der Waals surface area contributed by atoms with Crippen molar-refractivity contribution in [3.8, 4) is 5.75 Å².